The van der Waals surface area contributed by atoms with Crippen molar-refractivity contribution in [2.24, 2.45) is 11.1 Å². The van der Waals surface area contributed by atoms with Crippen molar-refractivity contribution in [1.82, 2.24) is 0 Å². The number of benzene rings is 1. The monoisotopic (exact) mass is 428 g/mol. The third-order valence-electron chi connectivity index (χ3n) is 5.19. The van der Waals surface area contributed by atoms with Crippen molar-refractivity contribution >= 4 is 29.0 Å². The summed E-state index contributed by atoms with van der Waals surface area (Å²) in [5, 5.41) is 10.5. The number of nitriles is 1. The van der Waals surface area contributed by atoms with Crippen LogP contribution >= 0.6 is 23.2 Å². The molecule has 1 unspecified atom stereocenters. The number of halogens is 2. The maximum absolute atomic E-state index is 13.0. The molecule has 148 valence electrons. The van der Waals surface area contributed by atoms with E-state index < -0.39 is 5.92 Å². The number of nitrogens with zero attached hydrogens (tertiary/aromatic N) is 1. The lowest BCUT2D eigenvalue weighted by Gasteiger charge is -2.36. The average molecular weight is 429 g/mol. The van der Waals surface area contributed by atoms with Gasteiger partial charge in [-0.05, 0) is 35.7 Å². The van der Waals surface area contributed by atoms with E-state index >= 15 is 0 Å². The van der Waals surface area contributed by atoms with E-state index in [-0.39, 0.29) is 22.7 Å². The van der Waals surface area contributed by atoms with Gasteiger partial charge < -0.3 is 14.9 Å². The zero-order valence-corrected chi connectivity index (χ0v) is 17.4. The molecule has 2 heterocycles. The molecule has 0 radical (unpaired) electrons. The first kappa shape index (κ1) is 19.6. The molecule has 0 amide bonds. The predicted molar refractivity (Wildman–Crippen MR) is 110 cm³/mol. The quantitative estimate of drug-likeness (QED) is 0.661. The highest BCUT2D eigenvalue weighted by molar-refractivity contribution is 6.42. The summed E-state index contributed by atoms with van der Waals surface area (Å²) in [6.07, 6.45) is 0.926. The molecule has 4 rings (SSSR count). The Morgan fingerprint density at radius 2 is 1.93 bits per heavy atom. The molecule has 5 nitrogen and oxygen atoms in total. The van der Waals surface area contributed by atoms with Crippen molar-refractivity contribution in [3.05, 3.63) is 68.9 Å². The van der Waals surface area contributed by atoms with E-state index in [0.717, 1.165) is 5.56 Å². The van der Waals surface area contributed by atoms with Crippen molar-refractivity contribution in [1.29, 1.82) is 5.26 Å². The van der Waals surface area contributed by atoms with E-state index in [4.69, 9.17) is 38.1 Å². The van der Waals surface area contributed by atoms with Gasteiger partial charge in [0.1, 0.15) is 28.9 Å². The Kier molecular flexibility index (Phi) is 4.72. The van der Waals surface area contributed by atoms with Gasteiger partial charge >= 0.3 is 0 Å². The maximum Gasteiger partial charge on any atom is 0.205 e. The highest BCUT2D eigenvalue weighted by Gasteiger charge is 2.44. The fourth-order valence-corrected chi connectivity index (χ4v) is 4.18. The van der Waals surface area contributed by atoms with Gasteiger partial charge in [-0.15, -0.1) is 0 Å². The van der Waals surface area contributed by atoms with Crippen LogP contribution in [0.3, 0.4) is 0 Å². The Morgan fingerprint density at radius 3 is 2.62 bits per heavy atom. The average Bonchev–Trinajstić information content (AvgIpc) is 3.11. The SMILES string of the molecule is CC1(C)CC(=O)C2=C(C1)OC(N)=C(C#N)C2c1ccc(-c2ccc(Cl)c(Cl)c2)o1. The number of carbonyl (C=O) groups excluding carboxylic acids is 1. The largest absolute Gasteiger partial charge is 0.460 e. The van der Waals surface area contributed by atoms with Crippen molar-refractivity contribution < 1.29 is 13.9 Å². The molecule has 1 atom stereocenters. The van der Waals surface area contributed by atoms with Gasteiger partial charge in [-0.2, -0.15) is 5.26 Å². The van der Waals surface area contributed by atoms with Crippen LogP contribution in [-0.4, -0.2) is 5.78 Å². The minimum Gasteiger partial charge on any atom is -0.460 e. The summed E-state index contributed by atoms with van der Waals surface area (Å²) < 4.78 is 11.7. The van der Waals surface area contributed by atoms with E-state index in [1.165, 1.54) is 0 Å². The fourth-order valence-electron chi connectivity index (χ4n) is 3.88. The Hall–Kier alpha value is -2.68. The molecule has 0 fully saturated rings. The molecule has 0 spiro atoms. The summed E-state index contributed by atoms with van der Waals surface area (Å²) >= 11 is 12.1. The molecule has 1 aromatic heterocycles. The maximum atomic E-state index is 13.0. The van der Waals surface area contributed by atoms with Crippen LogP contribution in [0.4, 0.5) is 0 Å². The van der Waals surface area contributed by atoms with Crippen LogP contribution in [-0.2, 0) is 9.53 Å². The molecular weight excluding hydrogens is 411 g/mol. The molecule has 0 saturated heterocycles. The second-order valence-corrected chi connectivity index (χ2v) is 8.85. The van der Waals surface area contributed by atoms with Crippen molar-refractivity contribution in [3.8, 4) is 17.4 Å². The number of hydrogen-bond acceptors (Lipinski definition) is 5. The second-order valence-electron chi connectivity index (χ2n) is 8.03. The first-order chi connectivity index (χ1) is 13.7. The Morgan fingerprint density at radius 1 is 1.17 bits per heavy atom. The standard InChI is InChI=1S/C22H18Cl2N2O3/c1-22(2)8-15(27)20-18(9-22)29-21(26)12(10-25)19(20)17-6-5-16(28-17)11-3-4-13(23)14(24)7-11/h3-7,19H,8-9,26H2,1-2H3. The summed E-state index contributed by atoms with van der Waals surface area (Å²) in [6, 6.07) is 10.8. The van der Waals surface area contributed by atoms with E-state index in [9.17, 15) is 10.1 Å². The highest BCUT2D eigenvalue weighted by atomic mass is 35.5. The van der Waals surface area contributed by atoms with E-state index in [1.54, 1.807) is 30.3 Å². The summed E-state index contributed by atoms with van der Waals surface area (Å²) in [5.74, 6) is 0.772. The third-order valence-corrected chi connectivity index (χ3v) is 5.93. The molecule has 2 aromatic rings. The lowest BCUT2D eigenvalue weighted by Crippen LogP contribution is -2.33. The fraction of sp³-hybridized carbons (Fsp3) is 0.273. The Labute approximate surface area is 178 Å². The van der Waals surface area contributed by atoms with Gasteiger partial charge in [-0.25, -0.2) is 0 Å². The van der Waals surface area contributed by atoms with E-state index in [2.05, 4.69) is 6.07 Å². The lowest BCUT2D eigenvalue weighted by molar-refractivity contribution is -0.119. The van der Waals surface area contributed by atoms with Gasteiger partial charge in [0.2, 0.25) is 5.88 Å². The van der Waals surface area contributed by atoms with Gasteiger partial charge in [-0.3, -0.25) is 4.79 Å². The van der Waals surface area contributed by atoms with Crippen molar-refractivity contribution in [2.75, 3.05) is 0 Å². The van der Waals surface area contributed by atoms with Gasteiger partial charge in [0.25, 0.3) is 0 Å². The Balaban J connectivity index is 1.81. The van der Waals surface area contributed by atoms with Crippen LogP contribution in [0.1, 0.15) is 38.4 Å². The van der Waals surface area contributed by atoms with Crippen molar-refractivity contribution in [2.45, 2.75) is 32.6 Å². The minimum atomic E-state index is -0.691. The molecule has 1 aliphatic heterocycles. The zero-order valence-electron chi connectivity index (χ0n) is 15.9. The number of carbonyl (C=O) groups is 1. The number of Topliss-reactive ketones (excluding diaryl/α,β-unsaturated/α-hetero) is 1. The predicted octanol–water partition coefficient (Wildman–Crippen LogP) is 5.70. The first-order valence-electron chi connectivity index (χ1n) is 9.09. The zero-order chi connectivity index (χ0) is 20.9. The van der Waals surface area contributed by atoms with Gasteiger partial charge in [-0.1, -0.05) is 37.0 Å². The third kappa shape index (κ3) is 3.43. The molecule has 1 aromatic carbocycles. The number of allylic oxidation sites excluding steroid dienone is 3. The van der Waals surface area contributed by atoms with Crippen LogP contribution in [0.25, 0.3) is 11.3 Å². The van der Waals surface area contributed by atoms with Crippen LogP contribution < -0.4 is 5.73 Å². The molecule has 7 heteroatoms. The number of ketones is 1. The number of nitrogens with two attached hydrogens (primary N) is 1. The molecule has 2 N–H and O–H groups in total. The summed E-state index contributed by atoms with van der Waals surface area (Å²) in [7, 11) is 0. The molecule has 1 aliphatic carbocycles. The topological polar surface area (TPSA) is 89.2 Å². The van der Waals surface area contributed by atoms with Gasteiger partial charge in [0, 0.05) is 24.0 Å². The molecule has 0 saturated carbocycles. The Bertz CT molecular complexity index is 1140. The van der Waals surface area contributed by atoms with Crippen molar-refractivity contribution in [3.63, 3.8) is 0 Å². The molecular formula is C22H18Cl2N2O3. The number of furan rings is 1. The summed E-state index contributed by atoms with van der Waals surface area (Å²) in [6.45, 7) is 4.00. The summed E-state index contributed by atoms with van der Waals surface area (Å²) in [4.78, 5) is 13.0. The smallest absolute Gasteiger partial charge is 0.205 e. The highest BCUT2D eigenvalue weighted by Crippen LogP contribution is 2.48. The molecule has 29 heavy (non-hydrogen) atoms. The lowest BCUT2D eigenvalue weighted by atomic mass is 9.71. The molecule has 0 bridgehead atoms. The summed E-state index contributed by atoms with van der Waals surface area (Å²) in [5.41, 5.74) is 7.15. The molecule has 2 aliphatic rings. The number of ether oxygens (including phenoxy) is 1. The van der Waals surface area contributed by atoms with Crippen LogP contribution in [0.2, 0.25) is 10.0 Å². The minimum absolute atomic E-state index is 0.00855. The van der Waals surface area contributed by atoms with Gasteiger partial charge in [0.15, 0.2) is 5.78 Å². The van der Waals surface area contributed by atoms with E-state index in [0.29, 0.717) is 45.7 Å². The normalized spacial score (nSPS) is 20.9. The van der Waals surface area contributed by atoms with Crippen LogP contribution in [0, 0.1) is 16.7 Å². The number of rotatable bonds is 2. The van der Waals surface area contributed by atoms with Crippen LogP contribution in [0.5, 0.6) is 0 Å². The second kappa shape index (κ2) is 6.98. The van der Waals surface area contributed by atoms with Gasteiger partial charge in [0.05, 0.1) is 16.0 Å². The van der Waals surface area contributed by atoms with E-state index in [1.807, 2.05) is 13.8 Å². The first-order valence-corrected chi connectivity index (χ1v) is 9.85. The van der Waals surface area contributed by atoms with Crippen LogP contribution in [0.15, 0.2) is 57.5 Å². The number of hydrogen-bond donors (Lipinski definition) is 1.